The van der Waals surface area contributed by atoms with Gasteiger partial charge < -0.3 is 15.2 Å². The van der Waals surface area contributed by atoms with Crippen molar-refractivity contribution in [1.29, 1.82) is 0 Å². The summed E-state index contributed by atoms with van der Waals surface area (Å²) in [4.78, 5) is 41.1. The summed E-state index contributed by atoms with van der Waals surface area (Å²) in [5.41, 5.74) is 4.69. The molecule has 1 aromatic carbocycles. The lowest BCUT2D eigenvalue weighted by atomic mass is 9.89. The molecule has 2 aliphatic rings. The number of hydrogen-bond donors (Lipinski definition) is 2. The van der Waals surface area contributed by atoms with Crippen LogP contribution >= 0.6 is 0 Å². The number of benzene rings is 1. The van der Waals surface area contributed by atoms with Crippen molar-refractivity contribution >= 4 is 39.4 Å². The molecule has 0 unspecified atom stereocenters. The van der Waals surface area contributed by atoms with Gasteiger partial charge in [-0.15, -0.1) is 0 Å². The first-order chi connectivity index (χ1) is 17.9. The molecule has 3 aromatic heterocycles. The van der Waals surface area contributed by atoms with E-state index >= 15 is 0 Å². The maximum absolute atomic E-state index is 13.5. The van der Waals surface area contributed by atoms with Crippen LogP contribution in [0.3, 0.4) is 0 Å². The number of carbonyl (C=O) groups is 1. The highest BCUT2D eigenvalue weighted by Crippen LogP contribution is 2.35. The average molecular weight is 499 g/mol. The lowest BCUT2D eigenvalue weighted by Gasteiger charge is -2.28. The van der Waals surface area contributed by atoms with Gasteiger partial charge in [0.25, 0.3) is 5.56 Å². The van der Waals surface area contributed by atoms with E-state index in [4.69, 9.17) is 4.98 Å². The molecule has 1 saturated carbocycles. The van der Waals surface area contributed by atoms with E-state index < -0.39 is 0 Å². The third-order valence-electron chi connectivity index (χ3n) is 8.38. The number of nitrogens with one attached hydrogen (secondary N) is 2. The largest absolute Gasteiger partial charge is 0.361 e. The van der Waals surface area contributed by atoms with Gasteiger partial charge in [0.2, 0.25) is 5.95 Å². The van der Waals surface area contributed by atoms with Crippen LogP contribution in [0.25, 0.3) is 21.9 Å². The molecule has 8 heteroatoms. The zero-order valence-corrected chi connectivity index (χ0v) is 21.8. The summed E-state index contributed by atoms with van der Waals surface area (Å²) in [7, 11) is 2.19. The van der Waals surface area contributed by atoms with Gasteiger partial charge in [-0.1, -0.05) is 12.8 Å². The first-order valence-electron chi connectivity index (χ1n) is 13.4. The smallest absolute Gasteiger partial charge is 0.263 e. The minimum Gasteiger partial charge on any atom is -0.361 e. The average Bonchev–Trinajstić information content (AvgIpc) is 3.55. The molecule has 0 bridgehead atoms. The predicted octanol–water partition coefficient (Wildman–Crippen LogP) is 5.45. The number of carbonyl (C=O) groups excluding carboxylic acids is 1. The Morgan fingerprint density at radius 2 is 1.86 bits per heavy atom. The summed E-state index contributed by atoms with van der Waals surface area (Å²) in [6, 6.07) is 6.35. The van der Waals surface area contributed by atoms with Gasteiger partial charge in [0, 0.05) is 40.4 Å². The van der Waals surface area contributed by atoms with E-state index in [0.717, 1.165) is 68.2 Å². The second-order valence-corrected chi connectivity index (χ2v) is 10.8. The van der Waals surface area contributed by atoms with E-state index in [1.54, 1.807) is 10.8 Å². The molecule has 4 heterocycles. The molecule has 4 aromatic rings. The second-order valence-electron chi connectivity index (χ2n) is 10.8. The molecule has 2 N–H and O–H groups in total. The van der Waals surface area contributed by atoms with Crippen LogP contribution in [0.2, 0.25) is 0 Å². The van der Waals surface area contributed by atoms with E-state index in [0.29, 0.717) is 23.1 Å². The monoisotopic (exact) mass is 498 g/mol. The molecule has 192 valence electrons. The third kappa shape index (κ3) is 4.23. The summed E-state index contributed by atoms with van der Waals surface area (Å²) in [5.74, 6) is 0.791. The third-order valence-corrected chi connectivity index (χ3v) is 8.38. The van der Waals surface area contributed by atoms with Gasteiger partial charge in [0.05, 0.1) is 5.56 Å². The number of H-pyrrole nitrogens is 1. The van der Waals surface area contributed by atoms with Crippen LogP contribution in [0.5, 0.6) is 0 Å². The maximum atomic E-state index is 13.5. The van der Waals surface area contributed by atoms with Crippen molar-refractivity contribution in [3.05, 3.63) is 57.6 Å². The van der Waals surface area contributed by atoms with Gasteiger partial charge in [-0.2, -0.15) is 4.98 Å². The summed E-state index contributed by atoms with van der Waals surface area (Å²) in [6.45, 7) is 5.52. The Balaban J connectivity index is 1.40. The van der Waals surface area contributed by atoms with Gasteiger partial charge in [-0.05, 0) is 94.9 Å². The van der Waals surface area contributed by atoms with E-state index in [9.17, 15) is 9.59 Å². The molecule has 1 aliphatic carbocycles. The molecule has 0 radical (unpaired) electrons. The topological polar surface area (TPSA) is 95.9 Å². The normalized spacial score (nSPS) is 17.7. The first-order valence-corrected chi connectivity index (χ1v) is 13.4. The number of nitrogens with zero attached hydrogens (tertiary/aromatic N) is 4. The Morgan fingerprint density at radius 1 is 1.11 bits per heavy atom. The lowest BCUT2D eigenvalue weighted by Crippen LogP contribution is -2.30. The molecular formula is C29H34N6O2. The number of piperidine rings is 1. The Labute approximate surface area is 216 Å². The highest BCUT2D eigenvalue weighted by Gasteiger charge is 2.26. The van der Waals surface area contributed by atoms with E-state index in [2.05, 4.69) is 45.6 Å². The fourth-order valence-electron chi connectivity index (χ4n) is 6.32. The standard InChI is InChI=1S/C29H34N6O2/c1-17-23-15-31-29(33-27(23)35(21-6-4-5-7-21)28(37)26(17)18(2)36)32-20-8-9-25-22(14-20)24(16-30-25)19-10-12-34(3)13-11-19/h8-9,14-16,19,21,30H,4-7,10-13H2,1-3H3,(H,31,32,33). The highest BCUT2D eigenvalue weighted by molar-refractivity contribution is 5.99. The van der Waals surface area contributed by atoms with Crippen LogP contribution in [-0.2, 0) is 0 Å². The van der Waals surface area contributed by atoms with Crippen molar-refractivity contribution in [2.75, 3.05) is 25.5 Å². The zero-order valence-electron chi connectivity index (χ0n) is 21.8. The Hall–Kier alpha value is -3.52. The lowest BCUT2D eigenvalue weighted by molar-refractivity contribution is 0.101. The summed E-state index contributed by atoms with van der Waals surface area (Å²) in [5, 5.41) is 5.37. The first kappa shape index (κ1) is 23.9. The number of anilines is 2. The van der Waals surface area contributed by atoms with Crippen LogP contribution < -0.4 is 10.9 Å². The fourth-order valence-corrected chi connectivity index (χ4v) is 6.32. The number of aromatic nitrogens is 4. The van der Waals surface area contributed by atoms with Crippen LogP contribution in [0.1, 0.15) is 78.9 Å². The van der Waals surface area contributed by atoms with Crippen LogP contribution in [-0.4, -0.2) is 50.3 Å². The molecule has 1 aliphatic heterocycles. The fraction of sp³-hybridized carbons (Fsp3) is 0.448. The molecule has 0 atom stereocenters. The van der Waals surface area contributed by atoms with E-state index in [1.165, 1.54) is 17.9 Å². The van der Waals surface area contributed by atoms with Gasteiger partial charge in [-0.3, -0.25) is 14.2 Å². The van der Waals surface area contributed by atoms with Crippen LogP contribution in [0.15, 0.2) is 35.4 Å². The minimum absolute atomic E-state index is 0.0600. The number of pyridine rings is 1. The van der Waals surface area contributed by atoms with Crippen molar-refractivity contribution < 1.29 is 4.79 Å². The molecular weight excluding hydrogens is 464 g/mol. The summed E-state index contributed by atoms with van der Waals surface area (Å²) >= 11 is 0. The molecule has 8 nitrogen and oxygen atoms in total. The molecule has 1 saturated heterocycles. The minimum atomic E-state index is -0.231. The van der Waals surface area contributed by atoms with Gasteiger partial charge in [0.1, 0.15) is 5.65 Å². The van der Waals surface area contributed by atoms with Crippen molar-refractivity contribution in [2.24, 2.45) is 0 Å². The number of hydrogen-bond acceptors (Lipinski definition) is 6. The molecule has 6 rings (SSSR count). The van der Waals surface area contributed by atoms with Crippen molar-refractivity contribution in [2.45, 2.75) is 64.3 Å². The maximum Gasteiger partial charge on any atom is 0.263 e. The Morgan fingerprint density at radius 3 is 2.59 bits per heavy atom. The number of aromatic amines is 1. The SMILES string of the molecule is CC(=O)c1c(C)c2cnc(Nc3ccc4[nH]cc(C5CCN(C)CC5)c4c3)nc2n(C2CCCC2)c1=O. The van der Waals surface area contributed by atoms with E-state index in [1.807, 2.05) is 13.0 Å². The molecule has 2 fully saturated rings. The predicted molar refractivity (Wildman–Crippen MR) is 147 cm³/mol. The van der Waals surface area contributed by atoms with Gasteiger partial charge in [0.15, 0.2) is 5.78 Å². The zero-order chi connectivity index (χ0) is 25.7. The van der Waals surface area contributed by atoms with Crippen molar-refractivity contribution in [1.82, 2.24) is 24.4 Å². The summed E-state index contributed by atoms with van der Waals surface area (Å²) in [6.07, 6.45) is 10.2. The van der Waals surface area contributed by atoms with Crippen molar-refractivity contribution in [3.8, 4) is 0 Å². The number of fused-ring (bicyclic) bond motifs is 2. The quantitative estimate of drug-likeness (QED) is 0.355. The van der Waals surface area contributed by atoms with Crippen molar-refractivity contribution in [3.63, 3.8) is 0 Å². The molecule has 0 amide bonds. The Kier molecular flexibility index (Phi) is 6.07. The Bertz CT molecular complexity index is 1550. The second kappa shape index (κ2) is 9.41. The van der Waals surface area contributed by atoms with Gasteiger partial charge in [-0.25, -0.2) is 4.98 Å². The van der Waals surface area contributed by atoms with Gasteiger partial charge >= 0.3 is 0 Å². The number of aryl methyl sites for hydroxylation is 1. The number of ketones is 1. The van der Waals surface area contributed by atoms with Crippen LogP contribution in [0, 0.1) is 6.92 Å². The number of Topliss-reactive ketones (excluding diaryl/α,β-unsaturated/α-hetero) is 1. The highest BCUT2D eigenvalue weighted by atomic mass is 16.1. The van der Waals surface area contributed by atoms with Crippen LogP contribution in [0.4, 0.5) is 11.6 Å². The molecule has 37 heavy (non-hydrogen) atoms. The van der Waals surface area contributed by atoms with E-state index in [-0.39, 0.29) is 22.9 Å². The number of likely N-dealkylation sites (tertiary alicyclic amines) is 1. The molecule has 0 spiro atoms. The number of rotatable bonds is 5. The summed E-state index contributed by atoms with van der Waals surface area (Å²) < 4.78 is 1.76.